The quantitative estimate of drug-likeness (QED) is 0.264. The third kappa shape index (κ3) is 4.09. The van der Waals surface area contributed by atoms with Crippen molar-refractivity contribution in [2.45, 2.75) is 76.7 Å². The number of amides is 2. The van der Waals surface area contributed by atoms with E-state index in [4.69, 9.17) is 9.47 Å². The van der Waals surface area contributed by atoms with E-state index in [1.165, 1.54) is 4.90 Å². The first-order valence-electron chi connectivity index (χ1n) is 12.4. The molecule has 3 unspecified atom stereocenters. The first-order valence-corrected chi connectivity index (χ1v) is 12.4. The standard InChI is InChI=1S/C26H40N2O6/c1-7-9-10-11-15-33-24(32)20-19-22(30)28(13-14-29)21(23(31)27(12-8-2)17(3)4)26(19)16-18(5)25(20,6)34-26/h7-8,17-21,29H,1-2,9-16H2,3-6H3/t18?,19-,20+,21?,25-,26?/m0/s1. The summed E-state index contributed by atoms with van der Waals surface area (Å²) < 4.78 is 12.2. The normalized spacial score (nSPS) is 33.8. The molecule has 6 atom stereocenters. The molecule has 1 spiro atoms. The lowest BCUT2D eigenvalue weighted by atomic mass is 9.62. The molecule has 2 amide bonds. The zero-order chi connectivity index (χ0) is 25.3. The van der Waals surface area contributed by atoms with Gasteiger partial charge in [-0.05, 0) is 52.4 Å². The van der Waals surface area contributed by atoms with E-state index in [2.05, 4.69) is 13.2 Å². The van der Waals surface area contributed by atoms with Crippen LogP contribution in [0.15, 0.2) is 25.3 Å². The molecule has 0 saturated carbocycles. The number of nitrogens with zero attached hydrogens (tertiary/aromatic N) is 2. The second-order valence-corrected chi connectivity index (χ2v) is 10.3. The number of hydrogen-bond acceptors (Lipinski definition) is 6. The number of allylic oxidation sites excluding steroid dienone is 1. The predicted octanol–water partition coefficient (Wildman–Crippen LogP) is 2.31. The van der Waals surface area contributed by atoms with E-state index in [0.29, 0.717) is 19.4 Å². The summed E-state index contributed by atoms with van der Waals surface area (Å²) in [7, 11) is 0. The number of β-amino-alcohol motifs (C(OH)–C–C–N with tert-alkyl or cyclic N) is 1. The van der Waals surface area contributed by atoms with Gasteiger partial charge in [0, 0.05) is 19.1 Å². The topological polar surface area (TPSA) is 96.4 Å². The molecule has 3 rings (SSSR count). The van der Waals surface area contributed by atoms with E-state index in [9.17, 15) is 19.5 Å². The van der Waals surface area contributed by atoms with E-state index in [0.717, 1.165) is 12.8 Å². The van der Waals surface area contributed by atoms with Gasteiger partial charge < -0.3 is 24.4 Å². The molecule has 2 bridgehead atoms. The summed E-state index contributed by atoms with van der Waals surface area (Å²) in [5.41, 5.74) is -2.03. The van der Waals surface area contributed by atoms with Gasteiger partial charge in [-0.25, -0.2) is 0 Å². The minimum Gasteiger partial charge on any atom is -0.465 e. The summed E-state index contributed by atoms with van der Waals surface area (Å²) in [4.78, 5) is 44.1. The van der Waals surface area contributed by atoms with E-state index in [1.54, 1.807) is 11.0 Å². The van der Waals surface area contributed by atoms with Gasteiger partial charge >= 0.3 is 5.97 Å². The number of carbonyl (C=O) groups excluding carboxylic acids is 3. The van der Waals surface area contributed by atoms with Gasteiger partial charge in [-0.3, -0.25) is 14.4 Å². The molecule has 1 N–H and O–H groups in total. The SMILES string of the molecule is C=CCCCCOC(=O)[C@H]1[C@H]2C(=O)N(CCO)C(C(=O)N(CC=C)C(C)C)C23CC(C)[C@]1(C)O3. The zero-order valence-corrected chi connectivity index (χ0v) is 21.0. The van der Waals surface area contributed by atoms with Crippen LogP contribution in [0.25, 0.3) is 0 Å². The lowest BCUT2D eigenvalue weighted by Crippen LogP contribution is -2.58. The van der Waals surface area contributed by atoms with Crippen LogP contribution in [0.3, 0.4) is 0 Å². The van der Waals surface area contributed by atoms with Crippen LogP contribution >= 0.6 is 0 Å². The number of unbranched alkanes of at least 4 members (excludes halogenated alkanes) is 2. The first kappa shape index (κ1) is 26.4. The Morgan fingerprint density at radius 1 is 1.32 bits per heavy atom. The van der Waals surface area contributed by atoms with Crippen molar-refractivity contribution in [2.24, 2.45) is 17.8 Å². The van der Waals surface area contributed by atoms with E-state index in [-0.39, 0.29) is 43.5 Å². The summed E-state index contributed by atoms with van der Waals surface area (Å²) >= 11 is 0. The Morgan fingerprint density at radius 3 is 2.62 bits per heavy atom. The van der Waals surface area contributed by atoms with Crippen LogP contribution in [0.4, 0.5) is 0 Å². The molecule has 0 aliphatic carbocycles. The molecule has 8 heteroatoms. The molecule has 3 aliphatic heterocycles. The number of aliphatic hydroxyl groups is 1. The Hall–Kier alpha value is -2.19. The highest BCUT2D eigenvalue weighted by atomic mass is 16.6. The van der Waals surface area contributed by atoms with Crippen molar-refractivity contribution in [3.05, 3.63) is 25.3 Å². The van der Waals surface area contributed by atoms with Crippen LogP contribution in [0.2, 0.25) is 0 Å². The lowest BCUT2D eigenvalue weighted by Gasteiger charge is -2.38. The van der Waals surface area contributed by atoms with Gasteiger partial charge in [-0.15, -0.1) is 13.2 Å². The average molecular weight is 477 g/mol. The van der Waals surface area contributed by atoms with Gasteiger partial charge in [0.15, 0.2) is 0 Å². The third-order valence-corrected chi connectivity index (χ3v) is 7.92. The Balaban J connectivity index is 1.97. The number of ether oxygens (including phenoxy) is 2. The zero-order valence-electron chi connectivity index (χ0n) is 21.0. The second-order valence-electron chi connectivity index (χ2n) is 10.3. The average Bonchev–Trinajstić information content (AvgIpc) is 3.28. The van der Waals surface area contributed by atoms with Crippen molar-refractivity contribution >= 4 is 17.8 Å². The highest BCUT2D eigenvalue weighted by Gasteiger charge is 2.80. The Morgan fingerprint density at radius 2 is 2.03 bits per heavy atom. The number of likely N-dealkylation sites (tertiary alicyclic amines) is 1. The molecule has 0 aromatic rings. The van der Waals surface area contributed by atoms with Crippen LogP contribution in [0, 0.1) is 17.8 Å². The molecular formula is C26H40N2O6. The minimum absolute atomic E-state index is 0.00525. The lowest BCUT2D eigenvalue weighted by molar-refractivity contribution is -0.162. The summed E-state index contributed by atoms with van der Waals surface area (Å²) in [6, 6.07) is -1.02. The maximum Gasteiger partial charge on any atom is 0.312 e. The van der Waals surface area contributed by atoms with Gasteiger partial charge in [0.1, 0.15) is 17.6 Å². The molecule has 3 fully saturated rings. The summed E-state index contributed by atoms with van der Waals surface area (Å²) in [6.45, 7) is 15.5. The Kier molecular flexibility index (Phi) is 7.92. The molecule has 0 aromatic heterocycles. The van der Waals surface area contributed by atoms with Crippen molar-refractivity contribution < 1.29 is 29.0 Å². The fourth-order valence-corrected chi connectivity index (χ4v) is 6.23. The van der Waals surface area contributed by atoms with Crippen molar-refractivity contribution in [2.75, 3.05) is 26.3 Å². The highest BCUT2D eigenvalue weighted by Crippen LogP contribution is 2.65. The minimum atomic E-state index is -1.13. The van der Waals surface area contributed by atoms with Crippen molar-refractivity contribution in [3.8, 4) is 0 Å². The number of aliphatic hydroxyl groups excluding tert-OH is 1. The smallest absolute Gasteiger partial charge is 0.312 e. The van der Waals surface area contributed by atoms with Crippen molar-refractivity contribution in [1.82, 2.24) is 9.80 Å². The molecular weight excluding hydrogens is 436 g/mol. The number of esters is 1. The van der Waals surface area contributed by atoms with Gasteiger partial charge in [0.25, 0.3) is 0 Å². The largest absolute Gasteiger partial charge is 0.465 e. The molecule has 8 nitrogen and oxygen atoms in total. The van der Waals surface area contributed by atoms with Crippen LogP contribution in [0.5, 0.6) is 0 Å². The van der Waals surface area contributed by atoms with Gasteiger partial charge in [-0.2, -0.15) is 0 Å². The third-order valence-electron chi connectivity index (χ3n) is 7.92. The second kappa shape index (κ2) is 10.2. The molecule has 0 radical (unpaired) electrons. The molecule has 0 aromatic carbocycles. The predicted molar refractivity (Wildman–Crippen MR) is 128 cm³/mol. The summed E-state index contributed by atoms with van der Waals surface area (Å²) in [5.74, 6) is -2.67. The van der Waals surface area contributed by atoms with E-state index < -0.39 is 35.0 Å². The molecule has 34 heavy (non-hydrogen) atoms. The molecule has 190 valence electrons. The van der Waals surface area contributed by atoms with Gasteiger partial charge in [-0.1, -0.05) is 19.1 Å². The van der Waals surface area contributed by atoms with Crippen LogP contribution in [-0.4, -0.2) is 82.3 Å². The summed E-state index contributed by atoms with van der Waals surface area (Å²) in [5, 5.41) is 9.72. The molecule has 3 heterocycles. The van der Waals surface area contributed by atoms with E-state index in [1.807, 2.05) is 33.8 Å². The maximum atomic E-state index is 13.9. The maximum absolute atomic E-state index is 13.9. The number of hydrogen-bond donors (Lipinski definition) is 1. The fraction of sp³-hybridized carbons (Fsp3) is 0.731. The van der Waals surface area contributed by atoms with Crippen molar-refractivity contribution in [3.63, 3.8) is 0 Å². The highest BCUT2D eigenvalue weighted by molar-refractivity contribution is 5.98. The number of carbonyl (C=O) groups is 3. The van der Waals surface area contributed by atoms with Crippen LogP contribution < -0.4 is 0 Å². The number of fused-ring (bicyclic) bond motifs is 1. The summed E-state index contributed by atoms with van der Waals surface area (Å²) in [6.07, 6.45) is 6.40. The fourth-order valence-electron chi connectivity index (χ4n) is 6.23. The van der Waals surface area contributed by atoms with Crippen LogP contribution in [-0.2, 0) is 23.9 Å². The molecule has 3 saturated heterocycles. The van der Waals surface area contributed by atoms with E-state index >= 15 is 0 Å². The Labute approximate surface area is 202 Å². The van der Waals surface area contributed by atoms with Gasteiger partial charge in [0.05, 0.1) is 24.7 Å². The first-order chi connectivity index (χ1) is 16.1. The van der Waals surface area contributed by atoms with Gasteiger partial charge in [0.2, 0.25) is 11.8 Å². The monoisotopic (exact) mass is 476 g/mol. The van der Waals surface area contributed by atoms with Crippen molar-refractivity contribution in [1.29, 1.82) is 0 Å². The van der Waals surface area contributed by atoms with Crippen LogP contribution in [0.1, 0.15) is 53.4 Å². The molecule has 3 aliphatic rings. The Bertz CT molecular complexity index is 828. The number of rotatable bonds is 12.